The molecule has 0 saturated heterocycles. The molecule has 2 nitrogen and oxygen atoms in total. The van der Waals surface area contributed by atoms with Crippen molar-refractivity contribution in [2.45, 2.75) is 6.42 Å². The summed E-state index contributed by atoms with van der Waals surface area (Å²) in [5.41, 5.74) is 6.55. The molecule has 0 bridgehead atoms. The van der Waals surface area contributed by atoms with Gasteiger partial charge in [0.25, 0.3) is 0 Å². The second kappa shape index (κ2) is 5.85. The summed E-state index contributed by atoms with van der Waals surface area (Å²) in [5, 5.41) is 0.0452. The second-order valence-electron chi connectivity index (χ2n) is 3.82. The fourth-order valence-electron chi connectivity index (χ4n) is 1.63. The van der Waals surface area contributed by atoms with Gasteiger partial charge >= 0.3 is 0 Å². The minimum atomic E-state index is -0.459. The molecule has 0 aromatic heterocycles. The maximum atomic E-state index is 13.0. The van der Waals surface area contributed by atoms with Gasteiger partial charge < -0.3 is 10.5 Å². The monoisotopic (exact) mass is 265 g/mol. The average Bonchev–Trinajstić information content (AvgIpc) is 2.37. The first kappa shape index (κ1) is 12.9. The molecule has 0 fully saturated rings. The molecule has 0 unspecified atom stereocenters. The quantitative estimate of drug-likeness (QED) is 0.913. The predicted molar refractivity (Wildman–Crippen MR) is 70.7 cm³/mol. The summed E-state index contributed by atoms with van der Waals surface area (Å²) in [6.07, 6.45) is 0.727. The van der Waals surface area contributed by atoms with Crippen LogP contribution in [0.2, 0.25) is 5.02 Å². The number of nitrogens with two attached hydrogens (primary N) is 1. The Bertz CT molecular complexity index is 545. The molecule has 94 valence electrons. The van der Waals surface area contributed by atoms with Crippen molar-refractivity contribution in [2.75, 3.05) is 6.54 Å². The largest absolute Gasteiger partial charge is 0.457 e. The van der Waals surface area contributed by atoms with E-state index in [0.717, 1.165) is 12.0 Å². The van der Waals surface area contributed by atoms with E-state index in [9.17, 15) is 4.39 Å². The van der Waals surface area contributed by atoms with E-state index in [1.54, 1.807) is 6.07 Å². The molecule has 0 spiro atoms. The third-order valence-corrected chi connectivity index (χ3v) is 2.79. The average molecular weight is 266 g/mol. The minimum absolute atomic E-state index is 0.0452. The fraction of sp³-hybridized carbons (Fsp3) is 0.143. The van der Waals surface area contributed by atoms with Gasteiger partial charge in [0.1, 0.15) is 17.3 Å². The van der Waals surface area contributed by atoms with Gasteiger partial charge in [-0.25, -0.2) is 4.39 Å². The maximum Gasteiger partial charge on any atom is 0.142 e. The van der Waals surface area contributed by atoms with Crippen LogP contribution in [-0.4, -0.2) is 6.54 Å². The summed E-state index contributed by atoms with van der Waals surface area (Å²) in [7, 11) is 0. The normalized spacial score (nSPS) is 10.4. The molecule has 0 aliphatic rings. The van der Waals surface area contributed by atoms with E-state index in [2.05, 4.69) is 0 Å². The Labute approximate surface area is 110 Å². The van der Waals surface area contributed by atoms with Crippen molar-refractivity contribution in [1.82, 2.24) is 0 Å². The smallest absolute Gasteiger partial charge is 0.142 e. The molecule has 2 aromatic carbocycles. The van der Waals surface area contributed by atoms with E-state index >= 15 is 0 Å². The molecular formula is C14H13ClFNO. The lowest BCUT2D eigenvalue weighted by Crippen LogP contribution is -2.03. The highest BCUT2D eigenvalue weighted by Crippen LogP contribution is 2.28. The van der Waals surface area contributed by atoms with Crippen LogP contribution in [-0.2, 0) is 6.42 Å². The predicted octanol–water partition coefficient (Wildman–Crippen LogP) is 3.77. The van der Waals surface area contributed by atoms with Crippen LogP contribution < -0.4 is 10.5 Å². The Morgan fingerprint density at radius 3 is 2.67 bits per heavy atom. The zero-order chi connectivity index (χ0) is 13.0. The highest BCUT2D eigenvalue weighted by molar-refractivity contribution is 6.30. The van der Waals surface area contributed by atoms with Gasteiger partial charge in [0.2, 0.25) is 0 Å². The van der Waals surface area contributed by atoms with Crippen molar-refractivity contribution in [1.29, 1.82) is 0 Å². The first-order valence-corrected chi connectivity index (χ1v) is 5.99. The highest BCUT2D eigenvalue weighted by Gasteiger charge is 2.06. The highest BCUT2D eigenvalue weighted by atomic mass is 35.5. The summed E-state index contributed by atoms with van der Waals surface area (Å²) in [6.45, 7) is 0.546. The van der Waals surface area contributed by atoms with E-state index in [1.165, 1.54) is 12.1 Å². The molecule has 0 heterocycles. The lowest BCUT2D eigenvalue weighted by Gasteiger charge is -2.10. The van der Waals surface area contributed by atoms with Gasteiger partial charge in [-0.05, 0) is 36.7 Å². The van der Waals surface area contributed by atoms with Crippen molar-refractivity contribution in [2.24, 2.45) is 5.73 Å². The summed E-state index contributed by atoms with van der Waals surface area (Å²) < 4.78 is 18.7. The van der Waals surface area contributed by atoms with Crippen molar-refractivity contribution in [3.63, 3.8) is 0 Å². The van der Waals surface area contributed by atoms with Gasteiger partial charge in [-0.3, -0.25) is 0 Å². The molecule has 0 amide bonds. The molecule has 2 rings (SSSR count). The lowest BCUT2D eigenvalue weighted by atomic mass is 10.1. The number of rotatable bonds is 4. The van der Waals surface area contributed by atoms with Crippen LogP contribution in [0.25, 0.3) is 0 Å². The van der Waals surface area contributed by atoms with Crippen LogP contribution in [0.1, 0.15) is 5.56 Å². The number of hydrogen-bond donors (Lipinski definition) is 1. The molecule has 2 aromatic rings. The summed E-state index contributed by atoms with van der Waals surface area (Å²) in [4.78, 5) is 0. The molecule has 0 saturated carbocycles. The van der Waals surface area contributed by atoms with Crippen LogP contribution in [0.4, 0.5) is 4.39 Å². The molecule has 0 radical (unpaired) electrons. The Balaban J connectivity index is 2.25. The molecule has 0 aliphatic heterocycles. The fourth-order valence-corrected chi connectivity index (χ4v) is 1.80. The molecule has 0 atom stereocenters. The molecule has 4 heteroatoms. The van der Waals surface area contributed by atoms with Crippen LogP contribution in [0.15, 0.2) is 42.5 Å². The molecule has 2 N–H and O–H groups in total. The van der Waals surface area contributed by atoms with Gasteiger partial charge in [0, 0.05) is 6.07 Å². The number of benzene rings is 2. The maximum absolute atomic E-state index is 13.0. The third-order valence-electron chi connectivity index (χ3n) is 2.51. The zero-order valence-corrected chi connectivity index (χ0v) is 10.5. The summed E-state index contributed by atoms with van der Waals surface area (Å²) in [6, 6.07) is 11.9. The van der Waals surface area contributed by atoms with Crippen LogP contribution in [0.5, 0.6) is 11.5 Å². The standard InChI is InChI=1S/C14H13ClFNO/c15-12-9-11(5-6-13(12)16)18-14-4-2-1-3-10(14)7-8-17/h1-6,9H,7-8,17H2. The molecule has 0 aliphatic carbocycles. The molecular weight excluding hydrogens is 253 g/mol. The number of hydrogen-bond acceptors (Lipinski definition) is 2. The number of halogens is 2. The van der Waals surface area contributed by atoms with Crippen molar-refractivity contribution in [3.05, 3.63) is 58.9 Å². The van der Waals surface area contributed by atoms with Gasteiger partial charge in [0.15, 0.2) is 0 Å². The van der Waals surface area contributed by atoms with E-state index in [4.69, 9.17) is 22.1 Å². The van der Waals surface area contributed by atoms with Crippen molar-refractivity contribution < 1.29 is 9.13 Å². The van der Waals surface area contributed by atoms with Crippen LogP contribution in [0, 0.1) is 5.82 Å². The first-order valence-electron chi connectivity index (χ1n) is 5.61. The first-order chi connectivity index (χ1) is 8.70. The third kappa shape index (κ3) is 3.00. The Hall–Kier alpha value is -1.58. The van der Waals surface area contributed by atoms with Crippen LogP contribution in [0.3, 0.4) is 0 Å². The Kier molecular flexibility index (Phi) is 4.18. The van der Waals surface area contributed by atoms with Gasteiger partial charge in [0.05, 0.1) is 5.02 Å². The van der Waals surface area contributed by atoms with E-state index in [0.29, 0.717) is 18.0 Å². The SMILES string of the molecule is NCCc1ccccc1Oc1ccc(F)c(Cl)c1. The molecule has 18 heavy (non-hydrogen) atoms. The second-order valence-corrected chi connectivity index (χ2v) is 4.23. The topological polar surface area (TPSA) is 35.2 Å². The van der Waals surface area contributed by atoms with Crippen LogP contribution >= 0.6 is 11.6 Å². The van der Waals surface area contributed by atoms with Gasteiger partial charge in [-0.1, -0.05) is 29.8 Å². The number of ether oxygens (including phenoxy) is 1. The van der Waals surface area contributed by atoms with Crippen molar-refractivity contribution in [3.8, 4) is 11.5 Å². The number of para-hydroxylation sites is 1. The summed E-state index contributed by atoms with van der Waals surface area (Å²) >= 11 is 5.71. The van der Waals surface area contributed by atoms with E-state index in [1.807, 2.05) is 24.3 Å². The van der Waals surface area contributed by atoms with Crippen molar-refractivity contribution >= 4 is 11.6 Å². The van der Waals surface area contributed by atoms with Gasteiger partial charge in [-0.15, -0.1) is 0 Å². The lowest BCUT2D eigenvalue weighted by molar-refractivity contribution is 0.474. The zero-order valence-electron chi connectivity index (χ0n) is 9.70. The Morgan fingerprint density at radius 1 is 1.17 bits per heavy atom. The van der Waals surface area contributed by atoms with E-state index < -0.39 is 5.82 Å². The minimum Gasteiger partial charge on any atom is -0.457 e. The summed E-state index contributed by atoms with van der Waals surface area (Å²) in [5.74, 6) is 0.760. The Morgan fingerprint density at radius 2 is 1.94 bits per heavy atom. The van der Waals surface area contributed by atoms with Gasteiger partial charge in [-0.2, -0.15) is 0 Å². The van der Waals surface area contributed by atoms with E-state index in [-0.39, 0.29) is 5.02 Å².